The van der Waals surface area contributed by atoms with Crippen LogP contribution in [0.1, 0.15) is 120 Å². The van der Waals surface area contributed by atoms with Crippen molar-refractivity contribution in [2.24, 2.45) is 0 Å². The number of aromatic hydroxyl groups is 2. The molecule has 2 heteroatoms. The SMILES string of the molecule is CCCCCCCCCCCCc1cccc2c(O)c3c(c(O)c12)C1CCC3(C)C1. The van der Waals surface area contributed by atoms with Crippen LogP contribution in [-0.4, -0.2) is 10.2 Å². The second-order valence-corrected chi connectivity index (χ2v) is 10.3. The summed E-state index contributed by atoms with van der Waals surface area (Å²) in [7, 11) is 0. The van der Waals surface area contributed by atoms with Crippen molar-refractivity contribution in [1.82, 2.24) is 0 Å². The van der Waals surface area contributed by atoms with Gasteiger partial charge in [-0.05, 0) is 49.0 Å². The van der Waals surface area contributed by atoms with Gasteiger partial charge < -0.3 is 10.2 Å². The maximum absolute atomic E-state index is 11.3. The van der Waals surface area contributed by atoms with Crippen molar-refractivity contribution in [2.75, 3.05) is 0 Å². The topological polar surface area (TPSA) is 40.5 Å². The number of hydrogen-bond donors (Lipinski definition) is 2. The number of phenolic OH excluding ortho intramolecular Hbond substituents is 2. The predicted molar refractivity (Wildman–Crippen MR) is 127 cm³/mol. The second-order valence-electron chi connectivity index (χ2n) is 10.3. The first-order valence-corrected chi connectivity index (χ1v) is 12.6. The standard InChI is InChI=1S/C28H40O2/c1-3-4-5-6-7-8-9-10-11-12-14-20-15-13-16-22-23(20)27(30)24-21-17-18-28(2,19-21)25(24)26(22)29/h13,15-16,21,29-30H,3-12,14,17-19H2,1-2H3. The molecule has 4 rings (SSSR count). The molecule has 2 bridgehead atoms. The maximum atomic E-state index is 11.3. The molecule has 0 amide bonds. The Morgan fingerprint density at radius 3 is 2.27 bits per heavy atom. The summed E-state index contributed by atoms with van der Waals surface area (Å²) in [5.41, 5.74) is 3.35. The molecule has 2 aromatic carbocycles. The highest BCUT2D eigenvalue weighted by Gasteiger charge is 2.49. The maximum Gasteiger partial charge on any atom is 0.127 e. The van der Waals surface area contributed by atoms with Gasteiger partial charge in [-0.3, -0.25) is 0 Å². The smallest absolute Gasteiger partial charge is 0.127 e. The molecule has 0 saturated heterocycles. The van der Waals surface area contributed by atoms with E-state index in [1.165, 1.54) is 63.4 Å². The Hall–Kier alpha value is -1.70. The number of benzene rings is 2. The minimum atomic E-state index is 0.0439. The molecule has 1 fully saturated rings. The molecule has 2 nitrogen and oxygen atoms in total. The first-order chi connectivity index (χ1) is 14.6. The molecular weight excluding hydrogens is 368 g/mol. The van der Waals surface area contributed by atoms with E-state index in [4.69, 9.17) is 0 Å². The van der Waals surface area contributed by atoms with Crippen molar-refractivity contribution in [3.8, 4) is 11.5 Å². The van der Waals surface area contributed by atoms with E-state index in [2.05, 4.69) is 26.0 Å². The molecular formula is C28H40O2. The quantitative estimate of drug-likeness (QED) is 0.290. The second kappa shape index (κ2) is 9.20. The van der Waals surface area contributed by atoms with Gasteiger partial charge in [0.15, 0.2) is 0 Å². The lowest BCUT2D eigenvalue weighted by Gasteiger charge is -2.27. The van der Waals surface area contributed by atoms with Crippen molar-refractivity contribution in [1.29, 1.82) is 0 Å². The van der Waals surface area contributed by atoms with Gasteiger partial charge in [0, 0.05) is 21.9 Å². The lowest BCUT2D eigenvalue weighted by Crippen LogP contribution is -2.16. The molecule has 2 aliphatic carbocycles. The Bertz CT molecular complexity index is 884. The minimum absolute atomic E-state index is 0.0439. The molecule has 30 heavy (non-hydrogen) atoms. The summed E-state index contributed by atoms with van der Waals surface area (Å²) in [6, 6.07) is 6.19. The number of aryl methyl sites for hydroxylation is 1. The Morgan fingerprint density at radius 2 is 1.57 bits per heavy atom. The van der Waals surface area contributed by atoms with Gasteiger partial charge >= 0.3 is 0 Å². The number of hydrogen-bond acceptors (Lipinski definition) is 2. The number of unbranched alkanes of at least 4 members (excludes halogenated alkanes) is 9. The van der Waals surface area contributed by atoms with Gasteiger partial charge in [0.25, 0.3) is 0 Å². The van der Waals surface area contributed by atoms with E-state index in [-0.39, 0.29) is 5.41 Å². The van der Waals surface area contributed by atoms with E-state index in [0.29, 0.717) is 17.4 Å². The lowest BCUT2D eigenvalue weighted by molar-refractivity contribution is 0.427. The Morgan fingerprint density at radius 1 is 0.900 bits per heavy atom. The van der Waals surface area contributed by atoms with Crippen molar-refractivity contribution >= 4 is 10.8 Å². The molecule has 0 heterocycles. The van der Waals surface area contributed by atoms with Gasteiger partial charge in [0.1, 0.15) is 11.5 Å². The molecule has 2 aromatic rings. The third-order valence-corrected chi connectivity index (χ3v) is 7.96. The van der Waals surface area contributed by atoms with Gasteiger partial charge in [-0.1, -0.05) is 89.8 Å². The summed E-state index contributed by atoms with van der Waals surface area (Å²) in [6.45, 7) is 4.53. The van der Waals surface area contributed by atoms with Crippen LogP contribution in [0.15, 0.2) is 18.2 Å². The minimum Gasteiger partial charge on any atom is -0.507 e. The lowest BCUT2D eigenvalue weighted by atomic mass is 9.78. The third kappa shape index (κ3) is 3.95. The van der Waals surface area contributed by atoms with Crippen molar-refractivity contribution in [3.63, 3.8) is 0 Å². The first-order valence-electron chi connectivity index (χ1n) is 12.6. The average molecular weight is 409 g/mol. The largest absolute Gasteiger partial charge is 0.507 e. The van der Waals surface area contributed by atoms with Gasteiger partial charge in [0.2, 0.25) is 0 Å². The molecule has 1 saturated carbocycles. The number of rotatable bonds is 11. The monoisotopic (exact) mass is 408 g/mol. The van der Waals surface area contributed by atoms with E-state index in [1.54, 1.807) is 0 Å². The fourth-order valence-corrected chi connectivity index (χ4v) is 6.33. The van der Waals surface area contributed by atoms with Crippen molar-refractivity contribution in [3.05, 3.63) is 34.9 Å². The van der Waals surface area contributed by atoms with Crippen LogP contribution in [0.25, 0.3) is 10.8 Å². The van der Waals surface area contributed by atoms with E-state index in [9.17, 15) is 10.2 Å². The summed E-state index contributed by atoms with van der Waals surface area (Å²) in [5, 5.41) is 24.2. The highest BCUT2D eigenvalue weighted by atomic mass is 16.3. The highest BCUT2D eigenvalue weighted by Crippen LogP contribution is 2.63. The van der Waals surface area contributed by atoms with Crippen LogP contribution in [0.4, 0.5) is 0 Å². The fourth-order valence-electron chi connectivity index (χ4n) is 6.33. The molecule has 0 aromatic heterocycles. The molecule has 2 aliphatic rings. The van der Waals surface area contributed by atoms with Crippen LogP contribution < -0.4 is 0 Å². The molecule has 164 valence electrons. The van der Waals surface area contributed by atoms with Crippen LogP contribution >= 0.6 is 0 Å². The van der Waals surface area contributed by atoms with E-state index >= 15 is 0 Å². The average Bonchev–Trinajstić information content (AvgIpc) is 3.27. The van der Waals surface area contributed by atoms with Crippen LogP contribution in [0, 0.1) is 0 Å². The van der Waals surface area contributed by atoms with Crippen molar-refractivity contribution < 1.29 is 10.2 Å². The Kier molecular flexibility index (Phi) is 6.60. The molecule has 0 spiro atoms. The zero-order chi connectivity index (χ0) is 21.1. The Labute approximate surface area is 182 Å². The van der Waals surface area contributed by atoms with Gasteiger partial charge in [0.05, 0.1) is 0 Å². The number of fused-ring (bicyclic) bond motifs is 6. The molecule has 0 aliphatic heterocycles. The summed E-state index contributed by atoms with van der Waals surface area (Å²) in [4.78, 5) is 0. The van der Waals surface area contributed by atoms with Gasteiger partial charge in [-0.15, -0.1) is 0 Å². The van der Waals surface area contributed by atoms with Gasteiger partial charge in [-0.25, -0.2) is 0 Å². The summed E-state index contributed by atoms with van der Waals surface area (Å²) in [6.07, 6.45) is 17.7. The van der Waals surface area contributed by atoms with Crippen LogP contribution in [0.5, 0.6) is 11.5 Å². The molecule has 2 unspecified atom stereocenters. The van der Waals surface area contributed by atoms with Crippen LogP contribution in [0.2, 0.25) is 0 Å². The number of phenols is 2. The van der Waals surface area contributed by atoms with Crippen molar-refractivity contribution in [2.45, 2.75) is 115 Å². The third-order valence-electron chi connectivity index (χ3n) is 7.96. The normalized spacial score (nSPS) is 22.1. The van der Waals surface area contributed by atoms with Crippen LogP contribution in [-0.2, 0) is 11.8 Å². The molecule has 2 atom stereocenters. The summed E-state index contributed by atoms with van der Waals surface area (Å²) in [5.74, 6) is 1.33. The van der Waals surface area contributed by atoms with E-state index < -0.39 is 0 Å². The summed E-state index contributed by atoms with van der Waals surface area (Å²) < 4.78 is 0. The zero-order valence-corrected chi connectivity index (χ0v) is 19.1. The highest BCUT2D eigenvalue weighted by molar-refractivity contribution is 5.99. The van der Waals surface area contributed by atoms with Gasteiger partial charge in [-0.2, -0.15) is 0 Å². The molecule has 2 N–H and O–H groups in total. The zero-order valence-electron chi connectivity index (χ0n) is 19.1. The fraction of sp³-hybridized carbons (Fsp3) is 0.643. The van der Waals surface area contributed by atoms with E-state index in [1.807, 2.05) is 6.07 Å². The summed E-state index contributed by atoms with van der Waals surface area (Å²) >= 11 is 0. The Balaban J connectivity index is 1.39. The van der Waals surface area contributed by atoms with E-state index in [0.717, 1.165) is 54.0 Å². The first kappa shape index (κ1) is 21.5. The van der Waals surface area contributed by atoms with Crippen LogP contribution in [0.3, 0.4) is 0 Å². The predicted octanol–water partition coefficient (Wildman–Crippen LogP) is 8.25. The molecule has 0 radical (unpaired) electrons.